The second-order valence-corrected chi connectivity index (χ2v) is 6.13. The molecule has 1 atom stereocenters. The Hall–Kier alpha value is -1.47. The first-order chi connectivity index (χ1) is 9.74. The fourth-order valence-electron chi connectivity index (χ4n) is 2.42. The van der Waals surface area contributed by atoms with E-state index < -0.39 is 15.0 Å². The van der Waals surface area contributed by atoms with Crippen molar-refractivity contribution in [1.82, 2.24) is 0 Å². The van der Waals surface area contributed by atoms with Crippen LogP contribution in [0.5, 0.6) is 17.2 Å². The zero-order valence-corrected chi connectivity index (χ0v) is 13.7. The van der Waals surface area contributed by atoms with Crippen molar-refractivity contribution in [3.63, 3.8) is 0 Å². The Morgan fingerprint density at radius 1 is 1.14 bits per heavy atom. The van der Waals surface area contributed by atoms with Gasteiger partial charge in [0.25, 0.3) is 10.1 Å². The molecule has 0 saturated carbocycles. The van der Waals surface area contributed by atoms with Gasteiger partial charge in [0.15, 0.2) is 11.5 Å². The summed E-state index contributed by atoms with van der Waals surface area (Å²) >= 11 is 0. The van der Waals surface area contributed by atoms with Crippen molar-refractivity contribution in [2.45, 2.75) is 44.4 Å². The van der Waals surface area contributed by atoms with E-state index in [1.165, 1.54) is 14.2 Å². The summed E-state index contributed by atoms with van der Waals surface area (Å²) in [6, 6.07) is 0. The highest BCUT2D eigenvalue weighted by Gasteiger charge is 2.32. The molecule has 21 heavy (non-hydrogen) atoms. The number of phenolic OH excluding ortho intramolecular Hbond substituents is 1. The molecule has 0 aliphatic heterocycles. The van der Waals surface area contributed by atoms with Gasteiger partial charge in [0.2, 0.25) is 0 Å². The van der Waals surface area contributed by atoms with Gasteiger partial charge < -0.3 is 14.6 Å². The van der Waals surface area contributed by atoms with Gasteiger partial charge in [0.1, 0.15) is 10.6 Å². The van der Waals surface area contributed by atoms with Crippen LogP contribution in [-0.4, -0.2) is 32.3 Å². The van der Waals surface area contributed by atoms with Gasteiger partial charge in [-0.15, -0.1) is 0 Å². The number of methoxy groups -OCH3 is 2. The van der Waals surface area contributed by atoms with Crippen LogP contribution in [0.15, 0.2) is 4.90 Å². The number of hydrogen-bond donors (Lipinski definition) is 2. The van der Waals surface area contributed by atoms with Crippen LogP contribution in [0.4, 0.5) is 0 Å². The van der Waals surface area contributed by atoms with Crippen LogP contribution >= 0.6 is 0 Å². The molecule has 1 unspecified atom stereocenters. The van der Waals surface area contributed by atoms with Crippen LogP contribution < -0.4 is 9.47 Å². The zero-order chi connectivity index (χ0) is 16.4. The van der Waals surface area contributed by atoms with Gasteiger partial charge in [-0.25, -0.2) is 0 Å². The highest BCUT2D eigenvalue weighted by Crippen LogP contribution is 2.49. The van der Waals surface area contributed by atoms with E-state index in [9.17, 15) is 18.1 Å². The van der Waals surface area contributed by atoms with E-state index in [2.05, 4.69) is 0 Å². The molecule has 1 rings (SSSR count). The molecule has 0 aliphatic rings. The Morgan fingerprint density at radius 3 is 2.00 bits per heavy atom. The maximum absolute atomic E-state index is 11.7. The van der Waals surface area contributed by atoms with E-state index in [1.807, 2.05) is 13.8 Å². The largest absolute Gasteiger partial charge is 0.504 e. The van der Waals surface area contributed by atoms with Gasteiger partial charge in [0.05, 0.1) is 14.2 Å². The molecule has 120 valence electrons. The fraction of sp³-hybridized carbons (Fsp3) is 0.571. The number of hydrogen-bond acceptors (Lipinski definition) is 5. The lowest BCUT2D eigenvalue weighted by Crippen LogP contribution is -2.11. The summed E-state index contributed by atoms with van der Waals surface area (Å²) in [4.78, 5) is -0.436. The quantitative estimate of drug-likeness (QED) is 0.783. The average molecular weight is 318 g/mol. The topological polar surface area (TPSA) is 93.1 Å². The molecule has 1 aromatic carbocycles. The number of benzene rings is 1. The third-order valence-corrected chi connectivity index (χ3v) is 4.54. The molecule has 1 aromatic rings. The van der Waals surface area contributed by atoms with E-state index >= 15 is 0 Å². The first-order valence-corrected chi connectivity index (χ1v) is 8.15. The van der Waals surface area contributed by atoms with Gasteiger partial charge in [0, 0.05) is 11.1 Å². The highest BCUT2D eigenvalue weighted by atomic mass is 32.2. The molecule has 2 N–H and O–H groups in total. The lowest BCUT2D eigenvalue weighted by Gasteiger charge is -2.23. The maximum Gasteiger partial charge on any atom is 0.298 e. The molecule has 0 aliphatic carbocycles. The fourth-order valence-corrected chi connectivity index (χ4v) is 3.38. The van der Waals surface area contributed by atoms with Crippen molar-refractivity contribution >= 4 is 10.1 Å². The van der Waals surface area contributed by atoms with E-state index in [-0.39, 0.29) is 23.2 Å². The number of ether oxygens (including phenoxy) is 2. The molecule has 0 radical (unpaired) electrons. The summed E-state index contributed by atoms with van der Waals surface area (Å²) in [7, 11) is -1.91. The maximum atomic E-state index is 11.7. The third-order valence-electron chi connectivity index (χ3n) is 3.59. The standard InChI is InChI=1S/C14H22O6S/c1-6-8(3)10-11(15)13(20-5)14(21(16,17)18)9(7-2)12(10)19-4/h8,15H,6-7H2,1-5H3,(H,16,17,18). The lowest BCUT2D eigenvalue weighted by atomic mass is 9.93. The van der Waals surface area contributed by atoms with Crippen LogP contribution in [-0.2, 0) is 16.5 Å². The summed E-state index contributed by atoms with van der Waals surface area (Å²) in [5, 5.41) is 10.4. The molecular weight excluding hydrogens is 296 g/mol. The summed E-state index contributed by atoms with van der Waals surface area (Å²) in [5.74, 6) is -0.341. The molecule has 0 heterocycles. The molecule has 0 fully saturated rings. The molecule has 0 saturated heterocycles. The second kappa shape index (κ2) is 6.53. The summed E-state index contributed by atoms with van der Waals surface area (Å²) in [6.45, 7) is 5.57. The Bertz CT molecular complexity index is 621. The van der Waals surface area contributed by atoms with Gasteiger partial charge in [-0.3, -0.25) is 4.55 Å². The minimum absolute atomic E-state index is 0.0606. The molecule has 7 heteroatoms. The molecule has 6 nitrogen and oxygen atoms in total. The van der Waals surface area contributed by atoms with E-state index in [4.69, 9.17) is 9.47 Å². The molecule has 0 spiro atoms. The molecule has 0 aromatic heterocycles. The molecule has 0 bridgehead atoms. The van der Waals surface area contributed by atoms with E-state index in [1.54, 1.807) is 6.92 Å². The first kappa shape index (κ1) is 17.6. The van der Waals surface area contributed by atoms with Crippen LogP contribution in [0, 0.1) is 0 Å². The monoisotopic (exact) mass is 318 g/mol. The van der Waals surface area contributed by atoms with Crippen molar-refractivity contribution in [2.75, 3.05) is 14.2 Å². The minimum atomic E-state index is -4.56. The Kier molecular flexibility index (Phi) is 5.47. The van der Waals surface area contributed by atoms with E-state index in [0.717, 1.165) is 6.42 Å². The van der Waals surface area contributed by atoms with Gasteiger partial charge in [-0.2, -0.15) is 8.42 Å². The zero-order valence-electron chi connectivity index (χ0n) is 12.9. The Labute approximate surface area is 125 Å². The van der Waals surface area contributed by atoms with Crippen LogP contribution in [0.25, 0.3) is 0 Å². The van der Waals surface area contributed by atoms with Crippen LogP contribution in [0.1, 0.15) is 44.2 Å². The van der Waals surface area contributed by atoms with Crippen molar-refractivity contribution < 1.29 is 27.6 Å². The molecular formula is C14H22O6S. The Morgan fingerprint density at radius 2 is 1.67 bits per heavy atom. The van der Waals surface area contributed by atoms with Crippen LogP contribution in [0.3, 0.4) is 0 Å². The first-order valence-electron chi connectivity index (χ1n) is 6.71. The minimum Gasteiger partial charge on any atom is -0.504 e. The molecule has 0 amide bonds. The summed E-state index contributed by atoms with van der Waals surface area (Å²) in [5.41, 5.74) is 0.783. The number of rotatable bonds is 6. The Balaban J connectivity index is 3.98. The van der Waals surface area contributed by atoms with Crippen molar-refractivity contribution in [3.8, 4) is 17.2 Å². The third kappa shape index (κ3) is 3.08. The average Bonchev–Trinajstić information content (AvgIpc) is 2.43. The predicted octanol–water partition coefficient (Wildman–Crippen LogP) is 2.73. The second-order valence-electron chi connectivity index (χ2n) is 4.77. The van der Waals surface area contributed by atoms with E-state index in [0.29, 0.717) is 17.5 Å². The highest BCUT2D eigenvalue weighted by molar-refractivity contribution is 7.86. The SMILES string of the molecule is CCc1c(OC)c(C(C)CC)c(O)c(OC)c1S(=O)(=O)O. The summed E-state index contributed by atoms with van der Waals surface area (Å²) < 4.78 is 43.2. The van der Waals surface area contributed by atoms with Gasteiger partial charge in [-0.05, 0) is 18.8 Å². The van der Waals surface area contributed by atoms with Crippen molar-refractivity contribution in [1.29, 1.82) is 0 Å². The predicted molar refractivity (Wildman–Crippen MR) is 79.1 cm³/mol. The van der Waals surface area contributed by atoms with Crippen molar-refractivity contribution in [3.05, 3.63) is 11.1 Å². The van der Waals surface area contributed by atoms with Crippen molar-refractivity contribution in [2.24, 2.45) is 0 Å². The lowest BCUT2D eigenvalue weighted by molar-refractivity contribution is 0.341. The number of phenols is 1. The van der Waals surface area contributed by atoms with Gasteiger partial charge >= 0.3 is 0 Å². The van der Waals surface area contributed by atoms with Crippen LogP contribution in [0.2, 0.25) is 0 Å². The normalized spacial score (nSPS) is 13.0. The smallest absolute Gasteiger partial charge is 0.298 e. The number of aromatic hydroxyl groups is 1. The van der Waals surface area contributed by atoms with Gasteiger partial charge in [-0.1, -0.05) is 20.8 Å². The summed E-state index contributed by atoms with van der Waals surface area (Å²) in [6.07, 6.45) is 1.03.